The molecular formula is C14H15BrN2O2S. The highest BCUT2D eigenvalue weighted by Crippen LogP contribution is 2.22. The number of methoxy groups -OCH3 is 1. The first-order valence-electron chi connectivity index (χ1n) is 6.05. The Kier molecular flexibility index (Phi) is 5.58. The van der Waals surface area contributed by atoms with Gasteiger partial charge in [-0.3, -0.25) is 4.79 Å². The minimum atomic E-state index is -0.0668. The van der Waals surface area contributed by atoms with Crippen LogP contribution in [0.3, 0.4) is 0 Å². The molecule has 1 aromatic carbocycles. The number of halogens is 1. The molecule has 0 bridgehead atoms. The molecule has 0 radical (unpaired) electrons. The first-order valence-corrected chi connectivity index (χ1v) is 7.73. The molecule has 0 saturated heterocycles. The van der Waals surface area contributed by atoms with E-state index in [0.717, 1.165) is 15.9 Å². The molecule has 1 aromatic heterocycles. The molecule has 20 heavy (non-hydrogen) atoms. The van der Waals surface area contributed by atoms with E-state index < -0.39 is 0 Å². The van der Waals surface area contributed by atoms with Crippen LogP contribution in [0.15, 0.2) is 40.2 Å². The molecule has 2 N–H and O–H groups in total. The standard InChI is InChI=1S/C14H15BrN2O2S/c1-19-11-4-2-10(3-5-11)17-14(18)9-16-8-13-12(15)6-7-20-13/h2-7,16H,8-9H2,1H3,(H,17,18). The smallest absolute Gasteiger partial charge is 0.238 e. The predicted octanol–water partition coefficient (Wildman–Crippen LogP) is 3.25. The second kappa shape index (κ2) is 7.42. The van der Waals surface area contributed by atoms with Crippen molar-refractivity contribution in [2.45, 2.75) is 6.54 Å². The summed E-state index contributed by atoms with van der Waals surface area (Å²) in [5, 5.41) is 7.95. The lowest BCUT2D eigenvalue weighted by atomic mass is 10.3. The van der Waals surface area contributed by atoms with Crippen LogP contribution in [0.5, 0.6) is 5.75 Å². The van der Waals surface area contributed by atoms with Crippen LogP contribution >= 0.6 is 27.3 Å². The zero-order chi connectivity index (χ0) is 14.4. The molecule has 2 aromatic rings. The zero-order valence-electron chi connectivity index (χ0n) is 11.0. The van der Waals surface area contributed by atoms with E-state index in [9.17, 15) is 4.79 Å². The second-order valence-corrected chi connectivity index (χ2v) is 5.93. The Labute approximate surface area is 130 Å². The van der Waals surface area contributed by atoms with Gasteiger partial charge in [-0.25, -0.2) is 0 Å². The van der Waals surface area contributed by atoms with Crippen LogP contribution in [0.4, 0.5) is 5.69 Å². The highest BCUT2D eigenvalue weighted by atomic mass is 79.9. The maximum Gasteiger partial charge on any atom is 0.238 e. The Morgan fingerprint density at radius 2 is 2.05 bits per heavy atom. The highest BCUT2D eigenvalue weighted by Gasteiger charge is 2.04. The molecule has 106 valence electrons. The van der Waals surface area contributed by atoms with Gasteiger partial charge in [0.25, 0.3) is 0 Å². The van der Waals surface area contributed by atoms with Gasteiger partial charge in [-0.1, -0.05) is 0 Å². The molecule has 0 spiro atoms. The average Bonchev–Trinajstić information content (AvgIpc) is 2.85. The summed E-state index contributed by atoms with van der Waals surface area (Å²) in [4.78, 5) is 12.9. The van der Waals surface area contributed by atoms with Gasteiger partial charge in [0.05, 0.1) is 13.7 Å². The third kappa shape index (κ3) is 4.33. The topological polar surface area (TPSA) is 50.4 Å². The van der Waals surface area contributed by atoms with Crippen LogP contribution in [0.1, 0.15) is 4.88 Å². The van der Waals surface area contributed by atoms with Crippen LogP contribution in [-0.4, -0.2) is 19.6 Å². The summed E-state index contributed by atoms with van der Waals surface area (Å²) < 4.78 is 6.14. The van der Waals surface area contributed by atoms with Gasteiger partial charge in [0.15, 0.2) is 0 Å². The molecule has 0 aliphatic rings. The fourth-order valence-corrected chi connectivity index (χ4v) is 3.08. The Hall–Kier alpha value is -1.37. The van der Waals surface area contributed by atoms with Crippen molar-refractivity contribution in [3.63, 3.8) is 0 Å². The summed E-state index contributed by atoms with van der Waals surface area (Å²) in [5.41, 5.74) is 0.759. The number of nitrogens with one attached hydrogen (secondary N) is 2. The average molecular weight is 355 g/mol. The Balaban J connectivity index is 1.76. The lowest BCUT2D eigenvalue weighted by molar-refractivity contribution is -0.115. The predicted molar refractivity (Wildman–Crippen MR) is 85.3 cm³/mol. The number of thiophene rings is 1. The molecule has 6 heteroatoms. The largest absolute Gasteiger partial charge is 0.497 e. The van der Waals surface area contributed by atoms with Crippen molar-refractivity contribution in [2.75, 3.05) is 19.0 Å². The number of carbonyl (C=O) groups is 1. The van der Waals surface area contributed by atoms with Crippen molar-refractivity contribution in [3.05, 3.63) is 45.1 Å². The van der Waals surface area contributed by atoms with Crippen molar-refractivity contribution < 1.29 is 9.53 Å². The number of benzene rings is 1. The van der Waals surface area contributed by atoms with E-state index in [2.05, 4.69) is 26.6 Å². The Morgan fingerprint density at radius 3 is 2.65 bits per heavy atom. The fraction of sp³-hybridized carbons (Fsp3) is 0.214. The molecule has 0 aliphatic carbocycles. The zero-order valence-corrected chi connectivity index (χ0v) is 13.4. The van der Waals surface area contributed by atoms with Gasteiger partial charge in [0.2, 0.25) is 5.91 Å². The van der Waals surface area contributed by atoms with Gasteiger partial charge >= 0.3 is 0 Å². The van der Waals surface area contributed by atoms with Crippen molar-refractivity contribution in [3.8, 4) is 5.75 Å². The van der Waals surface area contributed by atoms with E-state index >= 15 is 0 Å². The normalized spacial score (nSPS) is 10.3. The monoisotopic (exact) mass is 354 g/mol. The van der Waals surface area contributed by atoms with Gasteiger partial charge < -0.3 is 15.4 Å². The van der Waals surface area contributed by atoms with E-state index in [1.165, 1.54) is 4.88 Å². The lowest BCUT2D eigenvalue weighted by Crippen LogP contribution is -2.27. The fourth-order valence-electron chi connectivity index (χ4n) is 1.62. The van der Waals surface area contributed by atoms with Crippen LogP contribution in [0.2, 0.25) is 0 Å². The number of hydrogen-bond donors (Lipinski definition) is 2. The van der Waals surface area contributed by atoms with E-state index in [0.29, 0.717) is 6.54 Å². The van der Waals surface area contributed by atoms with Crippen molar-refractivity contribution >= 4 is 38.9 Å². The molecule has 2 rings (SSSR count). The maximum absolute atomic E-state index is 11.8. The minimum Gasteiger partial charge on any atom is -0.497 e. The lowest BCUT2D eigenvalue weighted by Gasteiger charge is -2.07. The minimum absolute atomic E-state index is 0.0668. The quantitative estimate of drug-likeness (QED) is 0.836. The van der Waals surface area contributed by atoms with Crippen molar-refractivity contribution in [1.29, 1.82) is 0 Å². The number of ether oxygens (including phenoxy) is 1. The SMILES string of the molecule is COc1ccc(NC(=O)CNCc2sccc2Br)cc1. The summed E-state index contributed by atoms with van der Waals surface area (Å²) >= 11 is 5.11. The molecule has 0 atom stereocenters. The third-order valence-electron chi connectivity index (χ3n) is 2.64. The molecule has 0 aliphatic heterocycles. The summed E-state index contributed by atoms with van der Waals surface area (Å²) in [6, 6.07) is 9.25. The number of amides is 1. The Bertz CT molecular complexity index is 569. The molecule has 1 amide bonds. The van der Waals surface area contributed by atoms with Crippen LogP contribution in [0, 0.1) is 0 Å². The summed E-state index contributed by atoms with van der Waals surface area (Å²) in [7, 11) is 1.61. The summed E-state index contributed by atoms with van der Waals surface area (Å²) in [6.07, 6.45) is 0. The van der Waals surface area contributed by atoms with Crippen LogP contribution in [-0.2, 0) is 11.3 Å². The van der Waals surface area contributed by atoms with E-state index in [1.807, 2.05) is 35.7 Å². The second-order valence-electron chi connectivity index (χ2n) is 4.07. The molecular weight excluding hydrogens is 340 g/mol. The molecule has 4 nitrogen and oxygen atoms in total. The van der Waals surface area contributed by atoms with Crippen LogP contribution < -0.4 is 15.4 Å². The van der Waals surface area contributed by atoms with Gasteiger partial charge in [-0.2, -0.15) is 0 Å². The van der Waals surface area contributed by atoms with Gasteiger partial charge in [-0.15, -0.1) is 11.3 Å². The van der Waals surface area contributed by atoms with E-state index in [1.54, 1.807) is 18.4 Å². The van der Waals surface area contributed by atoms with Crippen molar-refractivity contribution in [2.24, 2.45) is 0 Å². The van der Waals surface area contributed by atoms with Gasteiger partial charge in [-0.05, 0) is 51.6 Å². The first-order chi connectivity index (χ1) is 9.69. The summed E-state index contributed by atoms with van der Waals surface area (Å²) in [5.74, 6) is 0.700. The maximum atomic E-state index is 11.8. The first kappa shape index (κ1) is 15.0. The van der Waals surface area contributed by atoms with Crippen LogP contribution in [0.25, 0.3) is 0 Å². The number of anilines is 1. The number of rotatable bonds is 6. The molecule has 0 fully saturated rings. The Morgan fingerprint density at radius 1 is 1.30 bits per heavy atom. The molecule has 0 saturated carbocycles. The molecule has 0 unspecified atom stereocenters. The van der Waals surface area contributed by atoms with E-state index in [4.69, 9.17) is 4.74 Å². The van der Waals surface area contributed by atoms with Gasteiger partial charge in [0, 0.05) is 21.6 Å². The highest BCUT2D eigenvalue weighted by molar-refractivity contribution is 9.10. The molecule has 1 heterocycles. The summed E-state index contributed by atoms with van der Waals surface area (Å²) in [6.45, 7) is 0.949. The van der Waals surface area contributed by atoms with E-state index in [-0.39, 0.29) is 12.5 Å². The number of carbonyl (C=O) groups excluding carboxylic acids is 1. The third-order valence-corrected chi connectivity index (χ3v) is 4.56. The van der Waals surface area contributed by atoms with Gasteiger partial charge in [0.1, 0.15) is 5.75 Å². The van der Waals surface area contributed by atoms with Crippen molar-refractivity contribution in [1.82, 2.24) is 5.32 Å². The number of hydrogen-bond acceptors (Lipinski definition) is 4.